The summed E-state index contributed by atoms with van der Waals surface area (Å²) in [4.78, 5) is 13.8. The zero-order valence-corrected chi connectivity index (χ0v) is 12.3. The lowest BCUT2D eigenvalue weighted by Crippen LogP contribution is -1.97. The lowest BCUT2D eigenvalue weighted by atomic mass is 10.2. The molecule has 2 aromatic heterocycles. The molecule has 2 heterocycles. The van der Waals surface area contributed by atoms with Crippen molar-refractivity contribution in [2.45, 2.75) is 24.1 Å². The fraction of sp³-hybridized carbons (Fsp3) is 0.188. The Labute approximate surface area is 122 Å². The third kappa shape index (κ3) is 2.65. The molecule has 20 heavy (non-hydrogen) atoms. The molecule has 3 aromatic rings. The fourth-order valence-corrected chi connectivity index (χ4v) is 2.82. The van der Waals surface area contributed by atoms with Gasteiger partial charge in [0.25, 0.3) is 0 Å². The van der Waals surface area contributed by atoms with Crippen molar-refractivity contribution >= 4 is 22.8 Å². The summed E-state index contributed by atoms with van der Waals surface area (Å²) in [6.45, 7) is 4.31. The summed E-state index contributed by atoms with van der Waals surface area (Å²) in [5.74, 6) is 0.759. The minimum absolute atomic E-state index is 0.457. The van der Waals surface area contributed by atoms with E-state index in [0.717, 1.165) is 27.4 Å². The molecule has 0 radical (unpaired) electrons. The lowest BCUT2D eigenvalue weighted by Gasteiger charge is -2.09. The van der Waals surface area contributed by atoms with Crippen molar-refractivity contribution in [2.75, 3.05) is 0 Å². The number of fused-ring (bicyclic) bond motifs is 1. The maximum atomic E-state index is 4.70. The van der Waals surface area contributed by atoms with Crippen molar-refractivity contribution in [3.8, 4) is 11.4 Å². The predicted molar refractivity (Wildman–Crippen MR) is 83.8 cm³/mol. The number of pyridine rings is 1. The van der Waals surface area contributed by atoms with Crippen molar-refractivity contribution in [3.05, 3.63) is 48.7 Å². The van der Waals surface area contributed by atoms with E-state index < -0.39 is 0 Å². The van der Waals surface area contributed by atoms with Gasteiger partial charge >= 0.3 is 0 Å². The molecule has 0 aliphatic rings. The van der Waals surface area contributed by atoms with E-state index >= 15 is 0 Å². The van der Waals surface area contributed by atoms with Crippen LogP contribution in [0.15, 0.2) is 53.7 Å². The fourth-order valence-electron chi connectivity index (χ4n) is 1.96. The van der Waals surface area contributed by atoms with Gasteiger partial charge in [0.15, 0.2) is 5.82 Å². The van der Waals surface area contributed by atoms with E-state index in [4.69, 9.17) is 4.98 Å². The third-order valence-corrected chi connectivity index (χ3v) is 3.78. The van der Waals surface area contributed by atoms with Crippen LogP contribution in [0.25, 0.3) is 22.4 Å². The highest BCUT2D eigenvalue weighted by atomic mass is 32.2. The summed E-state index contributed by atoms with van der Waals surface area (Å²) in [5.41, 5.74) is 2.80. The third-order valence-electron chi connectivity index (χ3n) is 2.80. The first-order chi connectivity index (χ1) is 9.74. The van der Waals surface area contributed by atoms with Crippen LogP contribution in [0.1, 0.15) is 13.8 Å². The summed E-state index contributed by atoms with van der Waals surface area (Å²) in [5, 5.41) is 1.41. The number of nitrogens with zero attached hydrogens (tertiary/aromatic N) is 3. The maximum absolute atomic E-state index is 4.70. The van der Waals surface area contributed by atoms with Crippen LogP contribution >= 0.6 is 11.8 Å². The van der Waals surface area contributed by atoms with Crippen LogP contribution in [0.4, 0.5) is 0 Å². The molecule has 3 nitrogen and oxygen atoms in total. The predicted octanol–water partition coefficient (Wildman–Crippen LogP) is 4.19. The van der Waals surface area contributed by atoms with Crippen LogP contribution in [-0.4, -0.2) is 20.2 Å². The van der Waals surface area contributed by atoms with E-state index in [9.17, 15) is 0 Å². The van der Waals surface area contributed by atoms with Crippen LogP contribution < -0.4 is 0 Å². The Kier molecular flexibility index (Phi) is 3.65. The Balaban J connectivity index is 2.20. The van der Waals surface area contributed by atoms with Gasteiger partial charge in [0, 0.05) is 17.0 Å². The van der Waals surface area contributed by atoms with Gasteiger partial charge in [-0.1, -0.05) is 44.2 Å². The van der Waals surface area contributed by atoms with E-state index in [1.54, 1.807) is 18.0 Å². The van der Waals surface area contributed by atoms with Crippen molar-refractivity contribution in [2.24, 2.45) is 0 Å². The highest BCUT2D eigenvalue weighted by molar-refractivity contribution is 8.00. The summed E-state index contributed by atoms with van der Waals surface area (Å²) >= 11 is 1.72. The van der Waals surface area contributed by atoms with Crippen LogP contribution in [-0.2, 0) is 0 Å². The van der Waals surface area contributed by atoms with Gasteiger partial charge in [-0.3, -0.25) is 4.98 Å². The highest BCUT2D eigenvalue weighted by Crippen LogP contribution is 2.29. The molecule has 0 aliphatic carbocycles. The van der Waals surface area contributed by atoms with Crippen molar-refractivity contribution in [1.82, 2.24) is 15.0 Å². The van der Waals surface area contributed by atoms with Crippen molar-refractivity contribution in [3.63, 3.8) is 0 Å². The van der Waals surface area contributed by atoms with Crippen LogP contribution in [0.2, 0.25) is 0 Å². The SMILES string of the molecule is CC(C)Sc1nc(-c2ccccc2)nc2cccnc12. The zero-order chi connectivity index (χ0) is 13.9. The molecule has 0 aliphatic heterocycles. The summed E-state index contributed by atoms with van der Waals surface area (Å²) < 4.78 is 0. The second-order valence-electron chi connectivity index (χ2n) is 4.76. The first-order valence-corrected chi connectivity index (χ1v) is 7.47. The molecule has 0 saturated heterocycles. The van der Waals surface area contributed by atoms with Gasteiger partial charge in [-0.2, -0.15) is 0 Å². The zero-order valence-electron chi connectivity index (χ0n) is 11.4. The van der Waals surface area contributed by atoms with Crippen LogP contribution in [0.5, 0.6) is 0 Å². The number of thioether (sulfide) groups is 1. The second-order valence-corrected chi connectivity index (χ2v) is 6.32. The largest absolute Gasteiger partial charge is 0.252 e. The van der Waals surface area contributed by atoms with Crippen LogP contribution in [0.3, 0.4) is 0 Å². The number of benzene rings is 1. The van der Waals surface area contributed by atoms with Gasteiger partial charge in [-0.15, -0.1) is 11.8 Å². The quantitative estimate of drug-likeness (QED) is 0.533. The van der Waals surface area contributed by atoms with Crippen molar-refractivity contribution < 1.29 is 0 Å². The summed E-state index contributed by atoms with van der Waals surface area (Å²) in [6, 6.07) is 14.0. The number of hydrogen-bond acceptors (Lipinski definition) is 4. The number of hydrogen-bond donors (Lipinski definition) is 0. The van der Waals surface area contributed by atoms with Crippen molar-refractivity contribution in [1.29, 1.82) is 0 Å². The Morgan fingerprint density at radius 1 is 0.950 bits per heavy atom. The van der Waals surface area contributed by atoms with E-state index in [2.05, 4.69) is 23.8 Å². The summed E-state index contributed by atoms with van der Waals surface area (Å²) in [6.07, 6.45) is 1.79. The second kappa shape index (κ2) is 5.59. The molecule has 0 amide bonds. The van der Waals surface area contributed by atoms with E-state index in [1.807, 2.05) is 42.5 Å². The van der Waals surface area contributed by atoms with Gasteiger partial charge in [0.05, 0.1) is 5.52 Å². The van der Waals surface area contributed by atoms with Gasteiger partial charge in [0.2, 0.25) is 0 Å². The van der Waals surface area contributed by atoms with E-state index in [1.165, 1.54) is 0 Å². The van der Waals surface area contributed by atoms with E-state index in [0.29, 0.717) is 5.25 Å². The molecule has 3 rings (SSSR count). The minimum Gasteiger partial charge on any atom is -0.252 e. The average Bonchev–Trinajstić information content (AvgIpc) is 2.47. The molecule has 0 saturated carbocycles. The molecule has 0 atom stereocenters. The van der Waals surface area contributed by atoms with Gasteiger partial charge in [0.1, 0.15) is 10.5 Å². The molecule has 0 spiro atoms. The monoisotopic (exact) mass is 281 g/mol. The van der Waals surface area contributed by atoms with Gasteiger partial charge < -0.3 is 0 Å². The Hall–Kier alpha value is -1.94. The number of rotatable bonds is 3. The lowest BCUT2D eigenvalue weighted by molar-refractivity contribution is 1.06. The Morgan fingerprint density at radius 2 is 1.75 bits per heavy atom. The number of aromatic nitrogens is 3. The maximum Gasteiger partial charge on any atom is 0.161 e. The molecule has 100 valence electrons. The highest BCUT2D eigenvalue weighted by Gasteiger charge is 2.11. The smallest absolute Gasteiger partial charge is 0.161 e. The Bertz CT molecular complexity index is 726. The first kappa shape index (κ1) is 13.1. The standard InChI is InChI=1S/C16H15N3S/c1-11(2)20-16-14-13(9-6-10-17-14)18-15(19-16)12-7-4-3-5-8-12/h3-11H,1-2H3. The van der Waals surface area contributed by atoms with Gasteiger partial charge in [-0.05, 0) is 12.1 Å². The molecule has 0 bridgehead atoms. The average molecular weight is 281 g/mol. The molecule has 0 fully saturated rings. The summed E-state index contributed by atoms with van der Waals surface area (Å²) in [7, 11) is 0. The van der Waals surface area contributed by atoms with E-state index in [-0.39, 0.29) is 0 Å². The minimum atomic E-state index is 0.457. The molecular formula is C16H15N3S. The normalized spacial score (nSPS) is 11.2. The Morgan fingerprint density at radius 3 is 2.50 bits per heavy atom. The topological polar surface area (TPSA) is 38.7 Å². The molecule has 4 heteroatoms. The van der Waals surface area contributed by atoms with Gasteiger partial charge in [-0.25, -0.2) is 9.97 Å². The molecular weight excluding hydrogens is 266 g/mol. The molecule has 1 aromatic carbocycles. The first-order valence-electron chi connectivity index (χ1n) is 6.59. The van der Waals surface area contributed by atoms with Crippen LogP contribution in [0, 0.1) is 0 Å². The molecule has 0 unspecified atom stereocenters. The molecule has 0 N–H and O–H groups in total.